The van der Waals surface area contributed by atoms with Crippen LogP contribution in [0.1, 0.15) is 32.8 Å². The van der Waals surface area contributed by atoms with Gasteiger partial charge in [0.05, 0.1) is 13.7 Å². The number of carbonyl (C=O) groups is 1. The van der Waals surface area contributed by atoms with Crippen LogP contribution in [0.5, 0.6) is 5.75 Å². The second kappa shape index (κ2) is 9.00. The Hall–Kier alpha value is -1.69. The molecule has 0 aromatic heterocycles. The van der Waals surface area contributed by atoms with Gasteiger partial charge in [0.25, 0.3) is 0 Å². The summed E-state index contributed by atoms with van der Waals surface area (Å²) >= 11 is 0. The number of ether oxygens (including phenoxy) is 2. The topological polar surface area (TPSA) is 44.8 Å². The molecule has 0 heterocycles. The normalized spacial score (nSPS) is 23.4. The van der Waals surface area contributed by atoms with Gasteiger partial charge in [-0.3, -0.25) is 4.79 Å². The van der Waals surface area contributed by atoms with E-state index >= 15 is 0 Å². The summed E-state index contributed by atoms with van der Waals surface area (Å²) in [6.45, 7) is 11.3. The third-order valence-corrected chi connectivity index (χ3v) is 9.77. The van der Waals surface area contributed by atoms with E-state index in [2.05, 4.69) is 33.9 Å². The first-order chi connectivity index (χ1) is 12.6. The molecule has 0 saturated carbocycles. The Bertz CT molecular complexity index is 683. The summed E-state index contributed by atoms with van der Waals surface area (Å²) < 4.78 is 17.8. The van der Waals surface area contributed by atoms with Crippen molar-refractivity contribution in [3.8, 4) is 5.75 Å². The Morgan fingerprint density at radius 1 is 1.11 bits per heavy atom. The zero-order valence-electron chi connectivity index (χ0n) is 17.3. The minimum absolute atomic E-state index is 0.0235. The number of methoxy groups -OCH3 is 1. The molecule has 1 aliphatic carbocycles. The number of rotatable bonds is 6. The summed E-state index contributed by atoms with van der Waals surface area (Å²) in [4.78, 5) is 12.8. The molecular formula is C22H32O4Si. The van der Waals surface area contributed by atoms with Crippen molar-refractivity contribution in [1.82, 2.24) is 0 Å². The molecule has 1 aliphatic rings. The Labute approximate surface area is 164 Å². The van der Waals surface area contributed by atoms with Gasteiger partial charge in [-0.1, -0.05) is 57.2 Å². The summed E-state index contributed by atoms with van der Waals surface area (Å²) in [6, 6.07) is 7.75. The maximum absolute atomic E-state index is 12.8. The van der Waals surface area contributed by atoms with E-state index in [1.54, 1.807) is 7.11 Å². The number of ketones is 1. The minimum Gasteiger partial charge on any atom is -0.497 e. The number of hydrogen-bond donors (Lipinski definition) is 0. The quantitative estimate of drug-likeness (QED) is 0.639. The van der Waals surface area contributed by atoms with E-state index in [-0.39, 0.29) is 10.8 Å². The Morgan fingerprint density at radius 2 is 1.78 bits per heavy atom. The lowest BCUT2D eigenvalue weighted by atomic mass is 10.0. The molecule has 5 heteroatoms. The van der Waals surface area contributed by atoms with Crippen LogP contribution in [-0.2, 0) is 20.6 Å². The fourth-order valence-electron chi connectivity index (χ4n) is 2.52. The van der Waals surface area contributed by atoms with Gasteiger partial charge in [0.15, 0.2) is 14.1 Å². The van der Waals surface area contributed by atoms with Gasteiger partial charge in [-0.15, -0.1) is 0 Å². The molecule has 0 bridgehead atoms. The SMILES string of the molecule is COc1ccc(CO[C@@H]2/C=C\C=C/CC(=O)[C@@H]2O[Si](C)(C)C(C)(C)C)cc1. The second-order valence-corrected chi connectivity index (χ2v) is 13.2. The summed E-state index contributed by atoms with van der Waals surface area (Å²) in [5, 5.41) is 0.0235. The molecule has 4 nitrogen and oxygen atoms in total. The van der Waals surface area contributed by atoms with Crippen LogP contribution < -0.4 is 4.74 Å². The molecular weight excluding hydrogens is 356 g/mol. The van der Waals surface area contributed by atoms with Gasteiger partial charge in [-0.05, 0) is 35.8 Å². The lowest BCUT2D eigenvalue weighted by Crippen LogP contribution is -2.50. The number of hydrogen-bond acceptors (Lipinski definition) is 4. The van der Waals surface area contributed by atoms with E-state index in [1.807, 2.05) is 48.6 Å². The van der Waals surface area contributed by atoms with Crippen molar-refractivity contribution in [3.63, 3.8) is 0 Å². The van der Waals surface area contributed by atoms with Gasteiger partial charge in [-0.25, -0.2) is 0 Å². The van der Waals surface area contributed by atoms with Crippen molar-refractivity contribution in [2.75, 3.05) is 7.11 Å². The number of carbonyl (C=O) groups excluding carboxylic acids is 1. The zero-order chi connectivity index (χ0) is 20.1. The van der Waals surface area contributed by atoms with Gasteiger partial charge < -0.3 is 13.9 Å². The predicted molar refractivity (Wildman–Crippen MR) is 112 cm³/mol. The average Bonchev–Trinajstić information content (AvgIpc) is 2.60. The lowest BCUT2D eigenvalue weighted by molar-refractivity contribution is -0.131. The molecule has 0 fully saturated rings. The standard InChI is InChI=1S/C22H32O4Si/c1-22(2,3)27(5,6)26-21-19(23)10-8-7-9-11-20(21)25-16-17-12-14-18(24-4)15-13-17/h7-9,11-15,20-21H,10,16H2,1-6H3/b8-7-,11-9-/t20-,21+/m1/s1. The Kier molecular flexibility index (Phi) is 7.20. The van der Waals surface area contributed by atoms with E-state index in [0.29, 0.717) is 13.0 Å². The third-order valence-electron chi connectivity index (χ3n) is 5.31. The lowest BCUT2D eigenvalue weighted by Gasteiger charge is -2.40. The first kappa shape index (κ1) is 21.6. The highest BCUT2D eigenvalue weighted by Gasteiger charge is 2.42. The van der Waals surface area contributed by atoms with Gasteiger partial charge >= 0.3 is 0 Å². The molecule has 148 valence electrons. The summed E-state index contributed by atoms with van der Waals surface area (Å²) in [7, 11) is -0.465. The van der Waals surface area contributed by atoms with E-state index in [1.165, 1.54) is 0 Å². The molecule has 0 radical (unpaired) electrons. The smallest absolute Gasteiger partial charge is 0.193 e. The highest BCUT2D eigenvalue weighted by molar-refractivity contribution is 6.74. The van der Waals surface area contributed by atoms with Crippen LogP contribution >= 0.6 is 0 Å². The highest BCUT2D eigenvalue weighted by atomic mass is 28.4. The first-order valence-corrected chi connectivity index (χ1v) is 12.3. The molecule has 1 aromatic carbocycles. The molecule has 27 heavy (non-hydrogen) atoms. The molecule has 2 rings (SSSR count). The van der Waals surface area contributed by atoms with Crippen molar-refractivity contribution in [1.29, 1.82) is 0 Å². The van der Waals surface area contributed by atoms with Crippen LogP contribution in [0.4, 0.5) is 0 Å². The predicted octanol–water partition coefficient (Wildman–Crippen LogP) is 5.06. The second-order valence-electron chi connectivity index (χ2n) is 8.41. The summed E-state index contributed by atoms with van der Waals surface area (Å²) in [5.41, 5.74) is 1.03. The van der Waals surface area contributed by atoms with Gasteiger partial charge in [0.2, 0.25) is 0 Å². The van der Waals surface area contributed by atoms with Gasteiger partial charge in [0, 0.05) is 6.42 Å². The minimum atomic E-state index is -2.11. The maximum Gasteiger partial charge on any atom is 0.193 e. The Morgan fingerprint density at radius 3 is 2.37 bits per heavy atom. The largest absolute Gasteiger partial charge is 0.497 e. The molecule has 1 aromatic rings. The van der Waals surface area contributed by atoms with Crippen molar-refractivity contribution in [2.45, 2.75) is 64.1 Å². The van der Waals surface area contributed by atoms with E-state index in [9.17, 15) is 4.79 Å². The van der Waals surface area contributed by atoms with Crippen LogP contribution in [0, 0.1) is 0 Å². The third kappa shape index (κ3) is 5.89. The van der Waals surface area contributed by atoms with Crippen LogP contribution in [-0.4, -0.2) is 33.4 Å². The van der Waals surface area contributed by atoms with Crippen LogP contribution in [0.15, 0.2) is 48.6 Å². The van der Waals surface area contributed by atoms with Gasteiger partial charge in [-0.2, -0.15) is 0 Å². The molecule has 0 amide bonds. The molecule has 0 aliphatic heterocycles. The van der Waals surface area contributed by atoms with Crippen LogP contribution in [0.3, 0.4) is 0 Å². The molecule has 0 spiro atoms. The van der Waals surface area contributed by atoms with E-state index in [4.69, 9.17) is 13.9 Å². The van der Waals surface area contributed by atoms with Crippen LogP contribution in [0.25, 0.3) is 0 Å². The van der Waals surface area contributed by atoms with Gasteiger partial charge in [0.1, 0.15) is 18.0 Å². The average molecular weight is 389 g/mol. The molecule has 0 N–H and O–H groups in total. The molecule has 0 unspecified atom stereocenters. The maximum atomic E-state index is 12.8. The van der Waals surface area contributed by atoms with E-state index in [0.717, 1.165) is 11.3 Å². The molecule has 0 saturated heterocycles. The first-order valence-electron chi connectivity index (χ1n) is 9.42. The number of Topliss-reactive ketones (excluding diaryl/α,β-unsaturated/α-hetero) is 1. The monoisotopic (exact) mass is 388 g/mol. The number of benzene rings is 1. The fourth-order valence-corrected chi connectivity index (χ4v) is 3.77. The van der Waals surface area contributed by atoms with Crippen molar-refractivity contribution in [2.24, 2.45) is 0 Å². The van der Waals surface area contributed by atoms with E-state index < -0.39 is 20.5 Å². The summed E-state index contributed by atoms with van der Waals surface area (Å²) in [6.07, 6.45) is 7.02. The van der Waals surface area contributed by atoms with Crippen molar-refractivity contribution in [3.05, 3.63) is 54.1 Å². The van der Waals surface area contributed by atoms with Crippen molar-refractivity contribution < 1.29 is 18.7 Å². The van der Waals surface area contributed by atoms with Crippen LogP contribution in [0.2, 0.25) is 18.1 Å². The fraction of sp³-hybridized carbons (Fsp3) is 0.500. The van der Waals surface area contributed by atoms with Crippen molar-refractivity contribution >= 4 is 14.1 Å². The molecule has 2 atom stereocenters. The highest BCUT2D eigenvalue weighted by Crippen LogP contribution is 2.38. The zero-order valence-corrected chi connectivity index (χ0v) is 18.3. The summed E-state index contributed by atoms with van der Waals surface area (Å²) in [5.74, 6) is 0.879. The number of allylic oxidation sites excluding steroid dienone is 3. The Balaban J connectivity index is 2.17.